The van der Waals surface area contributed by atoms with Gasteiger partial charge in [0, 0.05) is 11.8 Å². The zero-order chi connectivity index (χ0) is 17.0. The van der Waals surface area contributed by atoms with Crippen LogP contribution in [-0.4, -0.2) is 19.6 Å². The average Bonchev–Trinajstić information content (AvgIpc) is 3.21. The molecule has 0 saturated heterocycles. The van der Waals surface area contributed by atoms with Gasteiger partial charge in [-0.3, -0.25) is 9.38 Å². The van der Waals surface area contributed by atoms with Crippen molar-refractivity contribution in [3.63, 3.8) is 0 Å². The van der Waals surface area contributed by atoms with Gasteiger partial charge in [-0.1, -0.05) is 49.4 Å². The largest absolute Gasteiger partial charge is 0.272 e. The predicted molar refractivity (Wildman–Crippen MR) is 103 cm³/mol. The third-order valence-electron chi connectivity index (χ3n) is 4.64. The van der Waals surface area contributed by atoms with Crippen LogP contribution in [0.2, 0.25) is 0 Å². The average molecular weight is 344 g/mol. The number of aromatic nitrogens is 4. The Kier molecular flexibility index (Phi) is 3.12. The zero-order valence-electron chi connectivity index (χ0n) is 14.0. The normalized spacial score (nSPS) is 12.0. The van der Waals surface area contributed by atoms with E-state index in [4.69, 9.17) is 4.98 Å². The fourth-order valence-corrected chi connectivity index (χ4v) is 4.49. The van der Waals surface area contributed by atoms with Crippen molar-refractivity contribution in [3.8, 4) is 11.3 Å². The number of fused-ring (bicyclic) bond motifs is 4. The van der Waals surface area contributed by atoms with Gasteiger partial charge in [0.05, 0.1) is 15.9 Å². The van der Waals surface area contributed by atoms with Gasteiger partial charge in [0.15, 0.2) is 0 Å². The number of hydrogen-bond donors (Lipinski definition) is 0. The van der Waals surface area contributed by atoms with Crippen molar-refractivity contribution in [3.05, 3.63) is 60.6 Å². The van der Waals surface area contributed by atoms with Crippen molar-refractivity contribution in [2.24, 2.45) is 0 Å². The summed E-state index contributed by atoms with van der Waals surface area (Å²) in [5, 5.41) is 10.8. The molecule has 0 amide bonds. The van der Waals surface area contributed by atoms with Gasteiger partial charge in [0.1, 0.15) is 6.33 Å². The molecule has 0 aliphatic rings. The fourth-order valence-electron chi connectivity index (χ4n) is 3.44. The van der Waals surface area contributed by atoms with Crippen LogP contribution in [0, 0.1) is 0 Å². The summed E-state index contributed by atoms with van der Waals surface area (Å²) in [5.74, 6) is 0.453. The molecule has 0 aliphatic heterocycles. The molecule has 25 heavy (non-hydrogen) atoms. The van der Waals surface area contributed by atoms with Crippen molar-refractivity contribution in [1.82, 2.24) is 19.6 Å². The smallest absolute Gasteiger partial charge is 0.217 e. The van der Waals surface area contributed by atoms with Crippen LogP contribution in [0.25, 0.3) is 37.2 Å². The van der Waals surface area contributed by atoms with E-state index in [1.165, 1.54) is 16.3 Å². The third kappa shape index (κ3) is 2.16. The highest BCUT2D eigenvalue weighted by Gasteiger charge is 2.15. The molecule has 5 heteroatoms. The van der Waals surface area contributed by atoms with Crippen LogP contribution in [0.4, 0.5) is 0 Å². The maximum absolute atomic E-state index is 4.71. The van der Waals surface area contributed by atoms with Crippen molar-refractivity contribution in [2.75, 3.05) is 0 Å². The molecule has 4 nitrogen and oxygen atoms in total. The molecule has 0 spiro atoms. The van der Waals surface area contributed by atoms with Crippen molar-refractivity contribution in [2.45, 2.75) is 19.8 Å². The van der Waals surface area contributed by atoms with E-state index in [1.807, 2.05) is 16.7 Å². The highest BCUT2D eigenvalue weighted by Crippen LogP contribution is 2.36. The van der Waals surface area contributed by atoms with Gasteiger partial charge >= 0.3 is 0 Å². The Bertz CT molecular complexity index is 1230. The van der Waals surface area contributed by atoms with E-state index >= 15 is 0 Å². The first-order valence-electron chi connectivity index (χ1n) is 8.32. The summed E-state index contributed by atoms with van der Waals surface area (Å²) in [5.41, 5.74) is 4.63. The molecule has 5 rings (SSSR count). The van der Waals surface area contributed by atoms with Gasteiger partial charge in [-0.25, -0.2) is 0 Å². The number of hydrogen-bond acceptors (Lipinski definition) is 4. The Hall–Kier alpha value is -2.79. The second-order valence-electron chi connectivity index (χ2n) is 6.53. The van der Waals surface area contributed by atoms with Gasteiger partial charge in [-0.2, -0.15) is 0 Å². The maximum Gasteiger partial charge on any atom is 0.217 e. The third-order valence-corrected chi connectivity index (χ3v) is 5.71. The lowest BCUT2D eigenvalue weighted by Crippen LogP contribution is -1.93. The van der Waals surface area contributed by atoms with E-state index in [0.717, 1.165) is 26.4 Å². The molecule has 0 fully saturated rings. The molecule has 0 aliphatic carbocycles. The first kappa shape index (κ1) is 14.5. The van der Waals surface area contributed by atoms with Crippen molar-refractivity contribution < 1.29 is 0 Å². The van der Waals surface area contributed by atoms with Crippen molar-refractivity contribution in [1.29, 1.82) is 0 Å². The molecule has 0 saturated carbocycles. The summed E-state index contributed by atoms with van der Waals surface area (Å²) in [4.78, 5) is 5.61. The fraction of sp³-hybridized carbons (Fsp3) is 0.150. The molecule has 122 valence electrons. The number of benzene rings is 2. The molecule has 3 heterocycles. The summed E-state index contributed by atoms with van der Waals surface area (Å²) in [6.45, 7) is 4.48. The lowest BCUT2D eigenvalue weighted by atomic mass is 9.92. The van der Waals surface area contributed by atoms with E-state index in [0.29, 0.717) is 5.92 Å². The first-order valence-corrected chi connectivity index (χ1v) is 9.14. The van der Waals surface area contributed by atoms with Crippen molar-refractivity contribution >= 4 is 37.3 Å². The van der Waals surface area contributed by atoms with Crippen LogP contribution < -0.4 is 0 Å². The van der Waals surface area contributed by atoms with E-state index < -0.39 is 0 Å². The lowest BCUT2D eigenvalue weighted by Gasteiger charge is -2.13. The Labute approximate surface area is 148 Å². The quantitative estimate of drug-likeness (QED) is 0.437. The first-order chi connectivity index (χ1) is 12.2. The number of pyridine rings is 1. The summed E-state index contributed by atoms with van der Waals surface area (Å²) < 4.78 is 3.17. The molecule has 0 N–H and O–H groups in total. The molecular formula is C20H16N4S. The molecule has 3 aromatic heterocycles. The van der Waals surface area contributed by atoms with Gasteiger partial charge in [0.2, 0.25) is 4.96 Å². The Morgan fingerprint density at radius 1 is 1.08 bits per heavy atom. The van der Waals surface area contributed by atoms with Gasteiger partial charge in [0.25, 0.3) is 0 Å². The predicted octanol–water partition coefficient (Wildman–Crippen LogP) is 5.28. The molecule has 2 aromatic carbocycles. The number of rotatable bonds is 2. The minimum Gasteiger partial charge on any atom is -0.272 e. The highest BCUT2D eigenvalue weighted by atomic mass is 32.1. The Morgan fingerprint density at radius 3 is 2.84 bits per heavy atom. The van der Waals surface area contributed by atoms with Crippen LogP contribution in [0.5, 0.6) is 0 Å². The number of thiazole rings is 1. The minimum absolute atomic E-state index is 0.453. The molecule has 0 bridgehead atoms. The van der Waals surface area contributed by atoms with E-state index in [-0.39, 0.29) is 0 Å². The molecule has 5 aromatic rings. The van der Waals surface area contributed by atoms with E-state index in [9.17, 15) is 0 Å². The SMILES string of the molecule is CC(C)c1cc(-c2nccc3c2sc2nncn23)cc2ccccc12. The van der Waals surface area contributed by atoms with Gasteiger partial charge < -0.3 is 0 Å². The second-order valence-corrected chi connectivity index (χ2v) is 7.51. The Balaban J connectivity index is 1.85. The zero-order valence-corrected chi connectivity index (χ0v) is 14.8. The van der Waals surface area contributed by atoms with Crippen LogP contribution in [0.3, 0.4) is 0 Å². The van der Waals surface area contributed by atoms with Crippen LogP contribution in [0.15, 0.2) is 55.0 Å². The maximum atomic E-state index is 4.71. The summed E-state index contributed by atoms with van der Waals surface area (Å²) in [6, 6.07) is 15.1. The van der Waals surface area contributed by atoms with Gasteiger partial charge in [-0.05, 0) is 40.5 Å². The molecule has 0 unspecified atom stereocenters. The second kappa shape index (κ2) is 5.36. The Morgan fingerprint density at radius 2 is 1.96 bits per heavy atom. The van der Waals surface area contributed by atoms with Crippen LogP contribution in [-0.2, 0) is 0 Å². The minimum atomic E-state index is 0.453. The summed E-state index contributed by atoms with van der Waals surface area (Å²) in [7, 11) is 0. The topological polar surface area (TPSA) is 43.1 Å². The molecule has 0 radical (unpaired) electrons. The molecular weight excluding hydrogens is 328 g/mol. The summed E-state index contributed by atoms with van der Waals surface area (Å²) >= 11 is 1.64. The summed E-state index contributed by atoms with van der Waals surface area (Å²) in [6.07, 6.45) is 3.63. The van der Waals surface area contributed by atoms with E-state index in [2.05, 4.69) is 60.4 Å². The lowest BCUT2D eigenvalue weighted by molar-refractivity contribution is 0.876. The number of nitrogens with zero attached hydrogens (tertiary/aromatic N) is 4. The standard InChI is InChI=1S/C20H16N4S/c1-12(2)16-10-14(9-13-5-3-4-6-15(13)16)18-19-17(7-8-21-18)24-11-22-23-20(24)25-19/h3-12H,1-2H3. The van der Waals surface area contributed by atoms with Crippen LogP contribution >= 0.6 is 11.3 Å². The monoisotopic (exact) mass is 344 g/mol. The van der Waals surface area contributed by atoms with E-state index in [1.54, 1.807) is 17.7 Å². The molecule has 0 atom stereocenters. The van der Waals surface area contributed by atoms with Crippen LogP contribution in [0.1, 0.15) is 25.3 Å². The highest BCUT2D eigenvalue weighted by molar-refractivity contribution is 7.24. The van der Waals surface area contributed by atoms with Gasteiger partial charge in [-0.15, -0.1) is 10.2 Å².